The van der Waals surface area contributed by atoms with E-state index >= 15 is 0 Å². The number of aryl methyl sites for hydroxylation is 2. The quantitative estimate of drug-likeness (QED) is 0.455. The van der Waals surface area contributed by atoms with Gasteiger partial charge >= 0.3 is 5.97 Å². The molecular formula is C26H34N4O6. The first-order chi connectivity index (χ1) is 17.3. The van der Waals surface area contributed by atoms with Crippen molar-refractivity contribution in [2.45, 2.75) is 71.4 Å². The Hall–Kier alpha value is -3.69. The van der Waals surface area contributed by atoms with Gasteiger partial charge in [0.1, 0.15) is 18.3 Å². The number of hydrogen-bond donors (Lipinski definition) is 2. The summed E-state index contributed by atoms with van der Waals surface area (Å²) in [6.45, 7) is 4.95. The minimum atomic E-state index is -1.04. The van der Waals surface area contributed by atoms with Crippen LogP contribution in [0, 0.1) is 13.8 Å². The standard InChI is InChI=1S/C26H34N4O6/c1-4-35-24(33)16-30(23(32)14-13-22(31)28-21-15-18(3)36-29-21)25(20-12-8-5-9-17(20)2)26(34)27-19-10-6-7-11-19/h5,8-9,12,15,19,25H,4,6-7,10-11,13-14,16H2,1-3H3,(H,27,34)(H,28,29,31)/t25-/m0/s1. The number of anilines is 1. The minimum Gasteiger partial charge on any atom is -0.465 e. The Labute approximate surface area is 210 Å². The van der Waals surface area contributed by atoms with E-state index in [1.807, 2.05) is 19.1 Å². The van der Waals surface area contributed by atoms with Crippen molar-refractivity contribution >= 4 is 29.5 Å². The number of hydrogen-bond acceptors (Lipinski definition) is 7. The molecule has 3 amide bonds. The van der Waals surface area contributed by atoms with Crippen molar-refractivity contribution in [2.24, 2.45) is 0 Å². The van der Waals surface area contributed by atoms with E-state index in [-0.39, 0.29) is 37.2 Å². The molecule has 0 bridgehead atoms. The largest absolute Gasteiger partial charge is 0.465 e. The number of carbonyl (C=O) groups is 4. The van der Waals surface area contributed by atoms with Gasteiger partial charge in [0.15, 0.2) is 5.82 Å². The normalized spacial score (nSPS) is 14.2. The average molecular weight is 499 g/mol. The fourth-order valence-corrected chi connectivity index (χ4v) is 4.36. The fourth-order valence-electron chi connectivity index (χ4n) is 4.36. The third-order valence-corrected chi connectivity index (χ3v) is 6.13. The van der Waals surface area contributed by atoms with Gasteiger partial charge in [-0.3, -0.25) is 19.2 Å². The highest BCUT2D eigenvalue weighted by Gasteiger charge is 2.35. The highest BCUT2D eigenvalue weighted by atomic mass is 16.5. The first-order valence-electron chi connectivity index (χ1n) is 12.3. The molecule has 1 saturated carbocycles. The number of aromatic nitrogens is 1. The summed E-state index contributed by atoms with van der Waals surface area (Å²) in [7, 11) is 0. The number of benzene rings is 1. The van der Waals surface area contributed by atoms with E-state index in [9.17, 15) is 19.2 Å². The maximum absolute atomic E-state index is 13.6. The van der Waals surface area contributed by atoms with Crippen LogP contribution in [-0.2, 0) is 23.9 Å². The molecule has 0 radical (unpaired) electrons. The summed E-state index contributed by atoms with van der Waals surface area (Å²) in [6, 6.07) is 7.82. The van der Waals surface area contributed by atoms with Crippen molar-refractivity contribution in [1.82, 2.24) is 15.4 Å². The van der Waals surface area contributed by atoms with Crippen LogP contribution < -0.4 is 10.6 Å². The Morgan fingerprint density at radius 2 is 1.86 bits per heavy atom. The van der Waals surface area contributed by atoms with E-state index in [4.69, 9.17) is 9.26 Å². The van der Waals surface area contributed by atoms with E-state index in [1.165, 1.54) is 4.90 Å². The second kappa shape index (κ2) is 12.9. The number of nitrogens with one attached hydrogen (secondary N) is 2. The molecule has 1 aromatic heterocycles. The van der Waals surface area contributed by atoms with E-state index in [2.05, 4.69) is 15.8 Å². The van der Waals surface area contributed by atoms with Gasteiger partial charge in [0.2, 0.25) is 17.7 Å². The highest BCUT2D eigenvalue weighted by Crippen LogP contribution is 2.27. The third kappa shape index (κ3) is 7.40. The molecule has 194 valence electrons. The predicted octanol–water partition coefficient (Wildman–Crippen LogP) is 3.20. The van der Waals surface area contributed by atoms with Crippen molar-refractivity contribution in [3.63, 3.8) is 0 Å². The van der Waals surface area contributed by atoms with Crippen LogP contribution in [-0.4, -0.2) is 52.9 Å². The minimum absolute atomic E-state index is 0.0280. The van der Waals surface area contributed by atoms with E-state index in [0.717, 1.165) is 31.2 Å². The molecular weight excluding hydrogens is 464 g/mol. The summed E-state index contributed by atoms with van der Waals surface area (Å²) in [5.74, 6) is -1.13. The van der Waals surface area contributed by atoms with Crippen molar-refractivity contribution in [3.05, 3.63) is 47.2 Å². The van der Waals surface area contributed by atoms with Gasteiger partial charge in [-0.25, -0.2) is 0 Å². The number of rotatable bonds is 11. The van der Waals surface area contributed by atoms with Crippen LogP contribution in [0.15, 0.2) is 34.9 Å². The smallest absolute Gasteiger partial charge is 0.325 e. The maximum Gasteiger partial charge on any atom is 0.325 e. The van der Waals surface area contributed by atoms with Crippen LogP contribution in [0.25, 0.3) is 0 Å². The Balaban J connectivity index is 1.83. The van der Waals surface area contributed by atoms with Gasteiger partial charge < -0.3 is 24.8 Å². The molecule has 36 heavy (non-hydrogen) atoms. The van der Waals surface area contributed by atoms with Gasteiger partial charge in [-0.05, 0) is 44.7 Å². The van der Waals surface area contributed by atoms with Crippen LogP contribution in [0.2, 0.25) is 0 Å². The molecule has 2 N–H and O–H groups in total. The maximum atomic E-state index is 13.6. The molecule has 0 saturated heterocycles. The fraction of sp³-hybridized carbons (Fsp3) is 0.500. The molecule has 1 heterocycles. The summed E-state index contributed by atoms with van der Waals surface area (Å²) >= 11 is 0. The van der Waals surface area contributed by atoms with Crippen LogP contribution in [0.4, 0.5) is 5.82 Å². The molecule has 1 atom stereocenters. The molecule has 1 aliphatic rings. The second-order valence-corrected chi connectivity index (χ2v) is 8.95. The number of amides is 3. The molecule has 3 rings (SSSR count). The van der Waals surface area contributed by atoms with Crippen molar-refractivity contribution < 1.29 is 28.4 Å². The Morgan fingerprint density at radius 1 is 1.14 bits per heavy atom. The number of carbonyl (C=O) groups excluding carboxylic acids is 4. The van der Waals surface area contributed by atoms with E-state index < -0.39 is 30.4 Å². The lowest BCUT2D eigenvalue weighted by atomic mass is 9.98. The zero-order valence-corrected chi connectivity index (χ0v) is 21.0. The molecule has 10 nitrogen and oxygen atoms in total. The average Bonchev–Trinajstić information content (AvgIpc) is 3.50. The lowest BCUT2D eigenvalue weighted by Gasteiger charge is -2.32. The number of ether oxygens (including phenoxy) is 1. The van der Waals surface area contributed by atoms with Gasteiger partial charge in [-0.1, -0.05) is 42.3 Å². The van der Waals surface area contributed by atoms with Gasteiger partial charge in [-0.2, -0.15) is 0 Å². The van der Waals surface area contributed by atoms with E-state index in [0.29, 0.717) is 11.3 Å². The topological polar surface area (TPSA) is 131 Å². The summed E-state index contributed by atoms with van der Waals surface area (Å²) in [4.78, 5) is 53.1. The van der Waals surface area contributed by atoms with Gasteiger partial charge in [-0.15, -0.1) is 0 Å². The Kier molecular flexibility index (Phi) is 9.61. The molecule has 1 fully saturated rings. The monoisotopic (exact) mass is 498 g/mol. The zero-order chi connectivity index (χ0) is 26.1. The van der Waals surface area contributed by atoms with Gasteiger partial charge in [0, 0.05) is 24.9 Å². The van der Waals surface area contributed by atoms with Gasteiger partial charge in [0.05, 0.1) is 6.61 Å². The SMILES string of the molecule is CCOC(=O)CN(C(=O)CCC(=O)Nc1cc(C)on1)[C@H](C(=O)NC1CCCC1)c1ccccc1C. The molecule has 1 aliphatic carbocycles. The summed E-state index contributed by atoms with van der Waals surface area (Å²) < 4.78 is 10.0. The van der Waals surface area contributed by atoms with Crippen LogP contribution in [0.3, 0.4) is 0 Å². The summed E-state index contributed by atoms with van der Waals surface area (Å²) in [5, 5.41) is 9.35. The predicted molar refractivity (Wildman–Crippen MR) is 132 cm³/mol. The molecule has 0 spiro atoms. The molecule has 1 aromatic carbocycles. The van der Waals surface area contributed by atoms with Crippen molar-refractivity contribution in [1.29, 1.82) is 0 Å². The van der Waals surface area contributed by atoms with Crippen LogP contribution in [0.5, 0.6) is 0 Å². The molecule has 2 aromatic rings. The third-order valence-electron chi connectivity index (χ3n) is 6.13. The number of esters is 1. The van der Waals surface area contributed by atoms with E-state index in [1.54, 1.807) is 32.0 Å². The second-order valence-electron chi connectivity index (χ2n) is 8.95. The first kappa shape index (κ1) is 26.9. The summed E-state index contributed by atoms with van der Waals surface area (Å²) in [5.41, 5.74) is 1.43. The van der Waals surface area contributed by atoms with Crippen molar-refractivity contribution in [3.8, 4) is 0 Å². The first-order valence-corrected chi connectivity index (χ1v) is 12.3. The highest BCUT2D eigenvalue weighted by molar-refractivity contribution is 5.95. The zero-order valence-electron chi connectivity index (χ0n) is 21.0. The lowest BCUT2D eigenvalue weighted by molar-refractivity contribution is -0.152. The van der Waals surface area contributed by atoms with Crippen LogP contribution >= 0.6 is 0 Å². The Bertz CT molecular complexity index is 1080. The Morgan fingerprint density at radius 3 is 2.50 bits per heavy atom. The van der Waals surface area contributed by atoms with Gasteiger partial charge in [0.25, 0.3) is 0 Å². The molecule has 0 aliphatic heterocycles. The summed E-state index contributed by atoms with van der Waals surface area (Å²) in [6.07, 6.45) is 3.45. The molecule has 10 heteroatoms. The van der Waals surface area contributed by atoms with Crippen LogP contribution in [0.1, 0.15) is 68.4 Å². The number of nitrogens with zero attached hydrogens (tertiary/aromatic N) is 2. The molecule has 0 unspecified atom stereocenters. The van der Waals surface area contributed by atoms with Crippen molar-refractivity contribution in [2.75, 3.05) is 18.5 Å². The lowest BCUT2D eigenvalue weighted by Crippen LogP contribution is -2.48.